The highest BCUT2D eigenvalue weighted by atomic mass is 16.5. The first-order valence-electron chi connectivity index (χ1n) is 6.06. The fourth-order valence-corrected chi connectivity index (χ4v) is 1.56. The molecular weight excluding hydrogens is 244 g/mol. The van der Waals surface area contributed by atoms with E-state index < -0.39 is 0 Å². The average Bonchev–Trinajstić information content (AvgIpc) is 2.77. The van der Waals surface area contributed by atoms with Gasteiger partial charge in [-0.3, -0.25) is 5.10 Å². The van der Waals surface area contributed by atoms with Crippen molar-refractivity contribution in [3.05, 3.63) is 23.1 Å². The van der Waals surface area contributed by atoms with E-state index >= 15 is 0 Å². The Balaban J connectivity index is 2.40. The summed E-state index contributed by atoms with van der Waals surface area (Å²) in [5.74, 6) is 7.80. The third-order valence-corrected chi connectivity index (χ3v) is 2.66. The fraction of sp³-hybridized carbons (Fsp3) is 0.417. The number of hydrazine groups is 1. The van der Waals surface area contributed by atoms with Crippen LogP contribution >= 0.6 is 0 Å². The number of H-pyrrole nitrogens is 1. The lowest BCUT2D eigenvalue weighted by molar-refractivity contribution is 0.435. The highest BCUT2D eigenvalue weighted by Gasteiger charge is 2.15. The Morgan fingerprint density at radius 1 is 1.32 bits per heavy atom. The third kappa shape index (κ3) is 2.82. The van der Waals surface area contributed by atoms with Gasteiger partial charge in [-0.05, 0) is 13.8 Å². The van der Waals surface area contributed by atoms with Crippen molar-refractivity contribution in [2.75, 3.05) is 5.43 Å². The van der Waals surface area contributed by atoms with Gasteiger partial charge < -0.3 is 10.2 Å². The minimum Gasteiger partial charge on any atom is -0.419 e. The van der Waals surface area contributed by atoms with E-state index in [2.05, 4.69) is 25.6 Å². The Hall–Kier alpha value is -2.15. The van der Waals surface area contributed by atoms with Crippen LogP contribution in [-0.4, -0.2) is 20.2 Å². The summed E-state index contributed by atoms with van der Waals surface area (Å²) in [6.45, 7) is 7.76. The topological polar surface area (TPSA) is 102 Å². The van der Waals surface area contributed by atoms with Crippen molar-refractivity contribution in [3.63, 3.8) is 0 Å². The maximum absolute atomic E-state index is 5.67. The van der Waals surface area contributed by atoms with Crippen LogP contribution in [0.5, 0.6) is 11.8 Å². The van der Waals surface area contributed by atoms with Gasteiger partial charge in [0.15, 0.2) is 5.82 Å². The van der Waals surface area contributed by atoms with Crippen LogP contribution in [0.1, 0.15) is 36.8 Å². The smallest absolute Gasteiger partial charge is 0.240 e. The molecule has 7 nitrogen and oxygen atoms in total. The highest BCUT2D eigenvalue weighted by molar-refractivity contribution is 5.48. The van der Waals surface area contributed by atoms with Gasteiger partial charge in [0, 0.05) is 17.7 Å². The molecule has 0 saturated heterocycles. The molecule has 0 aromatic carbocycles. The number of nitrogens with one attached hydrogen (secondary N) is 2. The zero-order chi connectivity index (χ0) is 14.0. The van der Waals surface area contributed by atoms with Gasteiger partial charge in [-0.2, -0.15) is 4.98 Å². The number of aromatic nitrogens is 4. The zero-order valence-electron chi connectivity index (χ0n) is 11.5. The van der Waals surface area contributed by atoms with E-state index in [1.165, 1.54) is 0 Å². The summed E-state index contributed by atoms with van der Waals surface area (Å²) < 4.78 is 5.67. The second-order valence-corrected chi connectivity index (χ2v) is 4.65. The number of aromatic amines is 1. The van der Waals surface area contributed by atoms with Gasteiger partial charge in [0.1, 0.15) is 5.82 Å². The van der Waals surface area contributed by atoms with Crippen LogP contribution in [0.4, 0.5) is 5.82 Å². The van der Waals surface area contributed by atoms with Crippen molar-refractivity contribution in [1.29, 1.82) is 0 Å². The van der Waals surface area contributed by atoms with E-state index in [4.69, 9.17) is 10.6 Å². The summed E-state index contributed by atoms with van der Waals surface area (Å²) in [6.07, 6.45) is 0. The van der Waals surface area contributed by atoms with Crippen LogP contribution in [-0.2, 0) is 0 Å². The minimum atomic E-state index is 0.177. The van der Waals surface area contributed by atoms with Gasteiger partial charge >= 0.3 is 0 Å². The lowest BCUT2D eigenvalue weighted by Crippen LogP contribution is -2.13. The number of rotatable bonds is 4. The number of ether oxygens (including phenoxy) is 1. The molecule has 0 aliphatic heterocycles. The number of aryl methyl sites for hydroxylation is 1. The number of nitrogen functional groups attached to an aromatic ring is 1. The highest BCUT2D eigenvalue weighted by Crippen LogP contribution is 2.27. The Labute approximate surface area is 111 Å². The van der Waals surface area contributed by atoms with Gasteiger partial charge in [-0.15, -0.1) is 5.10 Å². The lowest BCUT2D eigenvalue weighted by atomic mass is 10.2. The first-order valence-corrected chi connectivity index (χ1v) is 6.06. The number of anilines is 1. The van der Waals surface area contributed by atoms with Gasteiger partial charge in [0.05, 0.1) is 5.56 Å². The number of hydrogen-bond acceptors (Lipinski definition) is 6. The van der Waals surface area contributed by atoms with E-state index in [0.717, 1.165) is 11.3 Å². The molecule has 19 heavy (non-hydrogen) atoms. The monoisotopic (exact) mass is 262 g/mol. The molecular formula is C12H18N6O. The number of nitrogens with two attached hydrogens (primary N) is 1. The molecule has 2 heterocycles. The van der Waals surface area contributed by atoms with Crippen molar-refractivity contribution in [3.8, 4) is 11.8 Å². The molecule has 0 unspecified atom stereocenters. The first-order chi connectivity index (χ1) is 9.01. The second kappa shape index (κ2) is 5.23. The van der Waals surface area contributed by atoms with Crippen LogP contribution in [0.25, 0.3) is 0 Å². The van der Waals surface area contributed by atoms with E-state index in [1.54, 1.807) is 6.07 Å². The van der Waals surface area contributed by atoms with Gasteiger partial charge in [0.2, 0.25) is 11.8 Å². The maximum atomic E-state index is 5.67. The van der Waals surface area contributed by atoms with Crippen LogP contribution in [0.15, 0.2) is 6.07 Å². The zero-order valence-corrected chi connectivity index (χ0v) is 11.5. The van der Waals surface area contributed by atoms with Crippen LogP contribution in [0, 0.1) is 13.8 Å². The average molecular weight is 262 g/mol. The summed E-state index contributed by atoms with van der Waals surface area (Å²) in [4.78, 5) is 8.74. The van der Waals surface area contributed by atoms with Gasteiger partial charge in [-0.25, -0.2) is 10.8 Å². The summed E-state index contributed by atoms with van der Waals surface area (Å²) in [7, 11) is 0. The van der Waals surface area contributed by atoms with E-state index in [1.807, 2.05) is 27.7 Å². The number of hydrogen-bond donors (Lipinski definition) is 3. The molecule has 2 rings (SSSR count). The van der Waals surface area contributed by atoms with Crippen LogP contribution in [0.2, 0.25) is 0 Å². The van der Waals surface area contributed by atoms with E-state index in [-0.39, 0.29) is 5.92 Å². The van der Waals surface area contributed by atoms with Gasteiger partial charge in [-0.1, -0.05) is 13.8 Å². The number of nitrogens with zero attached hydrogens (tertiary/aromatic N) is 3. The molecule has 0 fully saturated rings. The normalized spacial score (nSPS) is 10.8. The van der Waals surface area contributed by atoms with Crippen molar-refractivity contribution >= 4 is 5.82 Å². The molecule has 0 amide bonds. The molecule has 7 heteroatoms. The molecule has 4 N–H and O–H groups in total. The molecule has 0 bridgehead atoms. The molecule has 102 valence electrons. The van der Waals surface area contributed by atoms with E-state index in [9.17, 15) is 0 Å². The molecule has 0 spiro atoms. The SMILES string of the molecule is Cc1cc(Oc2nc(C(C)C)nc(NN)c2C)n[nH]1. The van der Waals surface area contributed by atoms with Gasteiger partial charge in [0.25, 0.3) is 0 Å². The van der Waals surface area contributed by atoms with Crippen molar-refractivity contribution in [2.45, 2.75) is 33.6 Å². The van der Waals surface area contributed by atoms with Crippen LogP contribution < -0.4 is 16.0 Å². The van der Waals surface area contributed by atoms with Crippen molar-refractivity contribution in [1.82, 2.24) is 20.2 Å². The van der Waals surface area contributed by atoms with Crippen LogP contribution in [0.3, 0.4) is 0 Å². The molecule has 0 radical (unpaired) electrons. The van der Waals surface area contributed by atoms with Crippen molar-refractivity contribution < 1.29 is 4.74 Å². The Kier molecular flexibility index (Phi) is 3.66. The quantitative estimate of drug-likeness (QED) is 0.575. The maximum Gasteiger partial charge on any atom is 0.240 e. The molecule has 0 saturated carbocycles. The molecule has 0 aliphatic rings. The summed E-state index contributed by atoms with van der Waals surface area (Å²) >= 11 is 0. The Morgan fingerprint density at radius 2 is 2.05 bits per heavy atom. The predicted molar refractivity (Wildman–Crippen MR) is 72.1 cm³/mol. The fourth-order valence-electron chi connectivity index (χ4n) is 1.56. The molecule has 0 aliphatic carbocycles. The largest absolute Gasteiger partial charge is 0.419 e. The minimum absolute atomic E-state index is 0.177. The first kappa shape index (κ1) is 13.3. The van der Waals surface area contributed by atoms with Crippen molar-refractivity contribution in [2.24, 2.45) is 5.84 Å². The molecule has 0 atom stereocenters. The standard InChI is InChI=1S/C12H18N6O/c1-6(2)10-14-11(16-13)8(4)12(15-10)19-9-5-7(3)17-18-9/h5-6H,13H2,1-4H3,(H,17,18)(H,14,15,16). The second-order valence-electron chi connectivity index (χ2n) is 4.65. The summed E-state index contributed by atoms with van der Waals surface area (Å²) in [5, 5.41) is 6.84. The van der Waals surface area contributed by atoms with E-state index in [0.29, 0.717) is 23.4 Å². The predicted octanol–water partition coefficient (Wildman–Crippen LogP) is 2.02. The molecule has 2 aromatic heterocycles. The summed E-state index contributed by atoms with van der Waals surface area (Å²) in [5.41, 5.74) is 4.23. The Bertz CT molecular complexity index is 578. The third-order valence-electron chi connectivity index (χ3n) is 2.66. The lowest BCUT2D eigenvalue weighted by Gasteiger charge is -2.12. The summed E-state index contributed by atoms with van der Waals surface area (Å²) in [6, 6.07) is 1.80. The molecule has 2 aromatic rings. The Morgan fingerprint density at radius 3 is 2.58 bits per heavy atom.